The van der Waals surface area contributed by atoms with E-state index in [0.717, 1.165) is 26.2 Å². The summed E-state index contributed by atoms with van der Waals surface area (Å²) in [6.07, 6.45) is 1.71. The van der Waals surface area contributed by atoms with Crippen molar-refractivity contribution in [1.82, 2.24) is 20.2 Å². The number of hydrogen-bond donors (Lipinski definition) is 3. The van der Waals surface area contributed by atoms with Gasteiger partial charge in [0.1, 0.15) is 0 Å². The third-order valence-electron chi connectivity index (χ3n) is 4.77. The van der Waals surface area contributed by atoms with Gasteiger partial charge in [0.15, 0.2) is 0 Å². The lowest BCUT2D eigenvalue weighted by Gasteiger charge is -2.36. The highest BCUT2D eigenvalue weighted by Gasteiger charge is 2.17. The summed E-state index contributed by atoms with van der Waals surface area (Å²) in [5.41, 5.74) is 1.80. The lowest BCUT2D eigenvalue weighted by molar-refractivity contribution is -0.121. The molecule has 1 aromatic carbocycles. The molecule has 2 heterocycles. The molecule has 2 aromatic rings. The number of carbonyl (C=O) groups excluding carboxylic acids is 1. The number of anilines is 1. The maximum atomic E-state index is 12.0. The number of aromatic amines is 2. The molecule has 0 saturated carbocycles. The number of H-pyrrole nitrogens is 2. The fraction of sp³-hybridized carbons (Fsp3) is 0.421. The standard InChI is InChI=1S/C19H25N5O3/c1-14-3-2-4-16(11-14)24-9-7-23(8-10-24)6-5-17(25)20-12-15-13-21-19(27)22-18(15)26/h2-4,11,13H,5-10,12H2,1H3,(H,20,25)(H2,21,22,26,27). The van der Waals surface area contributed by atoms with Crippen LogP contribution in [-0.2, 0) is 11.3 Å². The molecule has 8 heteroatoms. The SMILES string of the molecule is Cc1cccc(N2CCN(CCC(=O)NCc3c[nH]c(=O)[nH]c3=O)CC2)c1. The van der Waals surface area contributed by atoms with Crippen molar-refractivity contribution < 1.29 is 4.79 Å². The normalized spacial score (nSPS) is 14.9. The van der Waals surface area contributed by atoms with Gasteiger partial charge in [-0.2, -0.15) is 0 Å². The molecule has 0 unspecified atom stereocenters. The van der Waals surface area contributed by atoms with Crippen LogP contribution in [0.5, 0.6) is 0 Å². The molecule has 0 aliphatic carbocycles. The molecule has 3 N–H and O–H groups in total. The van der Waals surface area contributed by atoms with Crippen molar-refractivity contribution in [2.45, 2.75) is 19.9 Å². The summed E-state index contributed by atoms with van der Waals surface area (Å²) in [6, 6.07) is 8.50. The Hall–Kier alpha value is -2.87. The predicted octanol–water partition coefficient (Wildman–Crippen LogP) is 0.200. The molecule has 3 rings (SSSR count). The summed E-state index contributed by atoms with van der Waals surface area (Å²) in [5, 5.41) is 2.72. The Balaban J connectivity index is 1.40. The van der Waals surface area contributed by atoms with Gasteiger partial charge in [0, 0.05) is 57.6 Å². The van der Waals surface area contributed by atoms with Crippen LogP contribution in [0.2, 0.25) is 0 Å². The number of nitrogens with zero attached hydrogens (tertiary/aromatic N) is 2. The van der Waals surface area contributed by atoms with E-state index in [1.54, 1.807) is 0 Å². The van der Waals surface area contributed by atoms with Crippen molar-refractivity contribution in [3.8, 4) is 0 Å². The molecule has 144 valence electrons. The van der Waals surface area contributed by atoms with Gasteiger partial charge in [-0.1, -0.05) is 12.1 Å². The molecular weight excluding hydrogens is 346 g/mol. The molecule has 0 spiro atoms. The maximum absolute atomic E-state index is 12.0. The average Bonchev–Trinajstić information content (AvgIpc) is 2.66. The second-order valence-corrected chi connectivity index (χ2v) is 6.79. The number of benzene rings is 1. The minimum atomic E-state index is -0.556. The lowest BCUT2D eigenvalue weighted by atomic mass is 10.2. The van der Waals surface area contributed by atoms with Crippen molar-refractivity contribution in [3.63, 3.8) is 0 Å². The van der Waals surface area contributed by atoms with Gasteiger partial charge in [-0.25, -0.2) is 4.79 Å². The van der Waals surface area contributed by atoms with Crippen LogP contribution in [0.3, 0.4) is 0 Å². The van der Waals surface area contributed by atoms with Crippen LogP contribution in [0.1, 0.15) is 17.5 Å². The van der Waals surface area contributed by atoms with Gasteiger partial charge in [0.05, 0.1) is 5.56 Å². The van der Waals surface area contributed by atoms with Crippen LogP contribution < -0.4 is 21.5 Å². The summed E-state index contributed by atoms with van der Waals surface area (Å²) in [7, 11) is 0. The summed E-state index contributed by atoms with van der Waals surface area (Å²) in [5.74, 6) is -0.110. The second kappa shape index (κ2) is 8.68. The topological polar surface area (TPSA) is 101 Å². The van der Waals surface area contributed by atoms with E-state index in [1.165, 1.54) is 17.4 Å². The Kier molecular flexibility index (Phi) is 6.08. The highest BCUT2D eigenvalue weighted by atomic mass is 16.2. The third-order valence-corrected chi connectivity index (χ3v) is 4.77. The second-order valence-electron chi connectivity index (χ2n) is 6.79. The summed E-state index contributed by atoms with van der Waals surface area (Å²) >= 11 is 0. The van der Waals surface area contributed by atoms with E-state index in [0.29, 0.717) is 18.5 Å². The molecule has 1 aliphatic rings. The van der Waals surface area contributed by atoms with Gasteiger partial charge in [-0.3, -0.25) is 19.5 Å². The zero-order chi connectivity index (χ0) is 19.2. The highest BCUT2D eigenvalue weighted by Crippen LogP contribution is 2.17. The zero-order valence-electron chi connectivity index (χ0n) is 15.5. The molecule has 0 atom stereocenters. The minimum absolute atomic E-state index is 0.103. The fourth-order valence-electron chi connectivity index (χ4n) is 3.17. The number of aromatic nitrogens is 2. The van der Waals surface area contributed by atoms with E-state index < -0.39 is 11.2 Å². The lowest BCUT2D eigenvalue weighted by Crippen LogP contribution is -2.47. The monoisotopic (exact) mass is 371 g/mol. The van der Waals surface area contributed by atoms with Crippen LogP contribution in [0.15, 0.2) is 40.1 Å². The molecule has 1 saturated heterocycles. The molecule has 1 aromatic heterocycles. The van der Waals surface area contributed by atoms with E-state index >= 15 is 0 Å². The third kappa shape index (κ3) is 5.30. The molecule has 1 amide bonds. The first-order valence-corrected chi connectivity index (χ1v) is 9.13. The molecule has 0 radical (unpaired) electrons. The van der Waals surface area contributed by atoms with Gasteiger partial charge < -0.3 is 15.2 Å². The highest BCUT2D eigenvalue weighted by molar-refractivity contribution is 5.76. The number of nitrogens with one attached hydrogen (secondary N) is 3. The maximum Gasteiger partial charge on any atom is 0.325 e. The van der Waals surface area contributed by atoms with Crippen molar-refractivity contribution in [2.24, 2.45) is 0 Å². The Morgan fingerprint density at radius 2 is 1.96 bits per heavy atom. The van der Waals surface area contributed by atoms with Crippen molar-refractivity contribution >= 4 is 11.6 Å². The zero-order valence-corrected chi connectivity index (χ0v) is 15.5. The summed E-state index contributed by atoms with van der Waals surface area (Å²) in [4.78, 5) is 43.8. The quantitative estimate of drug-likeness (QED) is 0.673. The van der Waals surface area contributed by atoms with E-state index in [9.17, 15) is 14.4 Å². The van der Waals surface area contributed by atoms with E-state index in [4.69, 9.17) is 0 Å². The first-order chi connectivity index (χ1) is 13.0. The molecule has 1 aliphatic heterocycles. The Morgan fingerprint density at radius 3 is 2.67 bits per heavy atom. The number of aryl methyl sites for hydroxylation is 1. The van der Waals surface area contributed by atoms with E-state index in [-0.39, 0.29) is 12.5 Å². The summed E-state index contributed by atoms with van der Waals surface area (Å²) < 4.78 is 0. The largest absolute Gasteiger partial charge is 0.369 e. The first kappa shape index (κ1) is 18.9. The van der Waals surface area contributed by atoms with Gasteiger partial charge >= 0.3 is 5.69 Å². The predicted molar refractivity (Wildman–Crippen MR) is 104 cm³/mol. The number of rotatable bonds is 6. The average molecular weight is 371 g/mol. The van der Waals surface area contributed by atoms with Crippen LogP contribution in [0, 0.1) is 6.92 Å². The Labute approximate surface area is 157 Å². The number of amides is 1. The van der Waals surface area contributed by atoms with Gasteiger partial charge in [-0.15, -0.1) is 0 Å². The van der Waals surface area contributed by atoms with Gasteiger partial charge in [-0.05, 0) is 24.6 Å². The van der Waals surface area contributed by atoms with Crippen LogP contribution in [0.4, 0.5) is 5.69 Å². The first-order valence-electron chi connectivity index (χ1n) is 9.13. The number of piperazine rings is 1. The molecule has 0 bridgehead atoms. The molecule has 27 heavy (non-hydrogen) atoms. The number of hydrogen-bond acceptors (Lipinski definition) is 5. The van der Waals surface area contributed by atoms with Crippen LogP contribution in [-0.4, -0.2) is 53.5 Å². The fourth-order valence-corrected chi connectivity index (χ4v) is 3.17. The van der Waals surface area contributed by atoms with Gasteiger partial charge in [0.25, 0.3) is 5.56 Å². The molecule has 8 nitrogen and oxygen atoms in total. The smallest absolute Gasteiger partial charge is 0.325 e. The molecular formula is C19H25N5O3. The number of carbonyl (C=O) groups is 1. The van der Waals surface area contributed by atoms with Crippen LogP contribution in [0.25, 0.3) is 0 Å². The van der Waals surface area contributed by atoms with E-state index in [2.05, 4.69) is 56.3 Å². The Morgan fingerprint density at radius 1 is 1.19 bits per heavy atom. The summed E-state index contributed by atoms with van der Waals surface area (Å²) in [6.45, 7) is 6.61. The van der Waals surface area contributed by atoms with Gasteiger partial charge in [0.2, 0.25) is 5.91 Å². The van der Waals surface area contributed by atoms with Crippen molar-refractivity contribution in [2.75, 3.05) is 37.6 Å². The van der Waals surface area contributed by atoms with Crippen LogP contribution >= 0.6 is 0 Å². The molecule has 1 fully saturated rings. The van der Waals surface area contributed by atoms with E-state index in [1.807, 2.05) is 0 Å². The Bertz CT molecular complexity index is 896. The van der Waals surface area contributed by atoms with Crippen molar-refractivity contribution in [3.05, 3.63) is 62.4 Å². The van der Waals surface area contributed by atoms with Crippen molar-refractivity contribution in [1.29, 1.82) is 0 Å². The minimum Gasteiger partial charge on any atom is -0.369 e.